The van der Waals surface area contributed by atoms with Crippen molar-refractivity contribution < 1.29 is 4.79 Å². The second kappa shape index (κ2) is 9.46. The third kappa shape index (κ3) is 10.4. The number of hydrogen-bond acceptors (Lipinski definition) is 3. The number of ketones is 1. The summed E-state index contributed by atoms with van der Waals surface area (Å²) < 4.78 is 0. The summed E-state index contributed by atoms with van der Waals surface area (Å²) in [6.07, 6.45) is 4.38. The predicted molar refractivity (Wildman–Crippen MR) is 59.7 cm³/mol. The van der Waals surface area contributed by atoms with E-state index in [1.54, 1.807) is 6.92 Å². The Morgan fingerprint density at radius 3 is 2.25 bits per heavy atom. The molecule has 0 amide bonds. The van der Waals surface area contributed by atoms with Gasteiger partial charge in [-0.1, -0.05) is 34.9 Å². The summed E-state index contributed by atoms with van der Waals surface area (Å²) in [7, 11) is 3.83. The van der Waals surface area contributed by atoms with Gasteiger partial charge in [-0.25, -0.2) is 0 Å². The van der Waals surface area contributed by atoms with E-state index in [1.807, 2.05) is 21.6 Å². The Morgan fingerprint density at radius 1 is 1.17 bits per heavy atom. The van der Waals surface area contributed by atoms with Crippen molar-refractivity contribution in [3.05, 3.63) is 0 Å². The molecule has 72 valence electrons. The Morgan fingerprint density at radius 2 is 1.75 bits per heavy atom. The smallest absolute Gasteiger partial charge is 0.129 e. The first-order chi connectivity index (χ1) is 5.77. The fraction of sp³-hybridized carbons (Fsp3) is 0.889. The Kier molecular flexibility index (Phi) is 9.75. The van der Waals surface area contributed by atoms with E-state index in [0.29, 0.717) is 5.78 Å². The molecule has 0 unspecified atom stereocenters. The summed E-state index contributed by atoms with van der Waals surface area (Å²) in [5.74, 6) is 2.68. The number of carbonyl (C=O) groups excluding carboxylic acids is 1. The second-order valence-corrected chi connectivity index (χ2v) is 5.51. The monoisotopic (exact) mass is 206 g/mol. The fourth-order valence-corrected chi connectivity index (χ4v) is 3.02. The molecular weight excluding hydrogens is 188 g/mol. The Bertz CT molecular complexity index is 115. The van der Waals surface area contributed by atoms with Gasteiger partial charge in [0.15, 0.2) is 0 Å². The molecule has 0 fully saturated rings. The quantitative estimate of drug-likeness (QED) is 0.447. The van der Waals surface area contributed by atoms with Crippen LogP contribution in [0.3, 0.4) is 0 Å². The zero-order valence-corrected chi connectivity index (χ0v) is 9.60. The molecule has 0 bridgehead atoms. The van der Waals surface area contributed by atoms with Crippen LogP contribution in [0.4, 0.5) is 0 Å². The minimum Gasteiger partial charge on any atom is -0.300 e. The molecule has 0 atom stereocenters. The van der Waals surface area contributed by atoms with E-state index in [4.69, 9.17) is 0 Å². The summed E-state index contributed by atoms with van der Waals surface area (Å²) in [5, 5.41) is 0. The van der Waals surface area contributed by atoms with Gasteiger partial charge in [-0.2, -0.15) is 0 Å². The summed E-state index contributed by atoms with van der Waals surface area (Å²) in [6, 6.07) is 0. The molecule has 0 aliphatic rings. The SMILES string of the molecule is CCCCSSCCCC(C)=O. The average molecular weight is 206 g/mol. The molecule has 1 nitrogen and oxygen atoms in total. The molecule has 0 heterocycles. The Balaban J connectivity index is 2.86. The highest BCUT2D eigenvalue weighted by molar-refractivity contribution is 8.76. The van der Waals surface area contributed by atoms with Crippen molar-refractivity contribution >= 4 is 27.4 Å². The van der Waals surface area contributed by atoms with Crippen molar-refractivity contribution in [2.24, 2.45) is 0 Å². The van der Waals surface area contributed by atoms with Crippen molar-refractivity contribution in [3.63, 3.8) is 0 Å². The molecule has 0 aromatic carbocycles. The lowest BCUT2D eigenvalue weighted by Crippen LogP contribution is -1.89. The van der Waals surface area contributed by atoms with Crippen LogP contribution in [-0.4, -0.2) is 17.3 Å². The molecule has 0 aliphatic carbocycles. The van der Waals surface area contributed by atoms with Crippen LogP contribution in [0, 0.1) is 0 Å². The molecule has 0 rings (SSSR count). The van der Waals surface area contributed by atoms with E-state index >= 15 is 0 Å². The van der Waals surface area contributed by atoms with E-state index in [1.165, 1.54) is 18.6 Å². The third-order valence-corrected chi connectivity index (χ3v) is 4.00. The number of Topliss-reactive ketones (excluding diaryl/α,β-unsaturated/α-hetero) is 1. The molecule has 0 spiro atoms. The number of hydrogen-bond donors (Lipinski definition) is 0. The van der Waals surface area contributed by atoms with Crippen LogP contribution in [0.25, 0.3) is 0 Å². The maximum atomic E-state index is 10.6. The third-order valence-electron chi connectivity index (χ3n) is 1.42. The van der Waals surface area contributed by atoms with Gasteiger partial charge in [0, 0.05) is 17.9 Å². The fourth-order valence-electron chi connectivity index (χ4n) is 0.701. The molecule has 0 aromatic rings. The largest absolute Gasteiger partial charge is 0.300 e. The van der Waals surface area contributed by atoms with E-state index in [0.717, 1.165) is 18.6 Å². The van der Waals surface area contributed by atoms with Gasteiger partial charge in [-0.05, 0) is 19.8 Å². The van der Waals surface area contributed by atoms with Crippen molar-refractivity contribution in [2.45, 2.75) is 39.5 Å². The van der Waals surface area contributed by atoms with Gasteiger partial charge in [0.25, 0.3) is 0 Å². The molecule has 0 aromatic heterocycles. The van der Waals surface area contributed by atoms with Crippen LogP contribution < -0.4 is 0 Å². The Hall–Kier alpha value is 0.370. The van der Waals surface area contributed by atoms with Crippen molar-refractivity contribution in [3.8, 4) is 0 Å². The lowest BCUT2D eigenvalue weighted by molar-refractivity contribution is -0.117. The highest BCUT2D eigenvalue weighted by atomic mass is 33.1. The van der Waals surface area contributed by atoms with Crippen LogP contribution in [0.2, 0.25) is 0 Å². The first-order valence-electron chi connectivity index (χ1n) is 4.51. The molecule has 0 aliphatic heterocycles. The van der Waals surface area contributed by atoms with E-state index < -0.39 is 0 Å². The number of rotatable bonds is 8. The van der Waals surface area contributed by atoms with Gasteiger partial charge >= 0.3 is 0 Å². The van der Waals surface area contributed by atoms with Crippen LogP contribution in [0.5, 0.6) is 0 Å². The average Bonchev–Trinajstić information content (AvgIpc) is 2.02. The van der Waals surface area contributed by atoms with Crippen molar-refractivity contribution in [1.82, 2.24) is 0 Å². The molecule has 0 saturated carbocycles. The van der Waals surface area contributed by atoms with Crippen molar-refractivity contribution in [2.75, 3.05) is 11.5 Å². The number of carbonyl (C=O) groups is 1. The topological polar surface area (TPSA) is 17.1 Å². The minimum atomic E-state index is 0.314. The van der Waals surface area contributed by atoms with Crippen molar-refractivity contribution in [1.29, 1.82) is 0 Å². The maximum absolute atomic E-state index is 10.6. The zero-order valence-electron chi connectivity index (χ0n) is 7.97. The normalized spacial score (nSPS) is 10.2. The first kappa shape index (κ1) is 12.4. The van der Waals surface area contributed by atoms with Gasteiger partial charge < -0.3 is 4.79 Å². The summed E-state index contributed by atoms with van der Waals surface area (Å²) in [4.78, 5) is 10.6. The van der Waals surface area contributed by atoms with Gasteiger partial charge in [0.05, 0.1) is 0 Å². The standard InChI is InChI=1S/C9H18OS2/c1-3-4-7-11-12-8-5-6-9(2)10/h3-8H2,1-2H3. The van der Waals surface area contributed by atoms with E-state index in [-0.39, 0.29) is 0 Å². The Labute approximate surface area is 83.5 Å². The van der Waals surface area contributed by atoms with E-state index in [2.05, 4.69) is 6.92 Å². The lowest BCUT2D eigenvalue weighted by atomic mass is 10.3. The molecule has 0 radical (unpaired) electrons. The van der Waals surface area contributed by atoms with Crippen LogP contribution in [0.1, 0.15) is 39.5 Å². The van der Waals surface area contributed by atoms with Crippen LogP contribution in [-0.2, 0) is 4.79 Å². The zero-order chi connectivity index (χ0) is 9.23. The summed E-state index contributed by atoms with van der Waals surface area (Å²) in [5.41, 5.74) is 0. The highest BCUT2D eigenvalue weighted by Gasteiger charge is 1.94. The van der Waals surface area contributed by atoms with Gasteiger partial charge in [-0.15, -0.1) is 0 Å². The van der Waals surface area contributed by atoms with Gasteiger partial charge in [-0.3, -0.25) is 0 Å². The van der Waals surface area contributed by atoms with Crippen LogP contribution >= 0.6 is 21.6 Å². The molecule has 0 saturated heterocycles. The van der Waals surface area contributed by atoms with Crippen LogP contribution in [0.15, 0.2) is 0 Å². The second-order valence-electron chi connectivity index (χ2n) is 2.80. The minimum absolute atomic E-state index is 0.314. The van der Waals surface area contributed by atoms with Gasteiger partial charge in [0.2, 0.25) is 0 Å². The summed E-state index contributed by atoms with van der Waals surface area (Å²) in [6.45, 7) is 3.87. The molecule has 0 N–H and O–H groups in total. The predicted octanol–water partition coefficient (Wildman–Crippen LogP) is 3.54. The maximum Gasteiger partial charge on any atom is 0.129 e. The molecule has 12 heavy (non-hydrogen) atoms. The highest BCUT2D eigenvalue weighted by Crippen LogP contribution is 2.23. The molecule has 3 heteroatoms. The first-order valence-corrected chi connectivity index (χ1v) is 7.00. The summed E-state index contributed by atoms with van der Waals surface area (Å²) >= 11 is 0. The van der Waals surface area contributed by atoms with Gasteiger partial charge in [0.1, 0.15) is 5.78 Å². The molecular formula is C9H18OS2. The van der Waals surface area contributed by atoms with E-state index in [9.17, 15) is 4.79 Å². The lowest BCUT2D eigenvalue weighted by Gasteiger charge is -1.98. The number of unbranched alkanes of at least 4 members (excludes halogenated alkanes) is 1.